The van der Waals surface area contributed by atoms with Gasteiger partial charge in [-0.1, -0.05) is 18.2 Å². The van der Waals surface area contributed by atoms with Crippen LogP contribution in [0.25, 0.3) is 0 Å². The van der Waals surface area contributed by atoms with Crippen molar-refractivity contribution in [1.82, 2.24) is 0 Å². The van der Waals surface area contributed by atoms with Crippen molar-refractivity contribution in [3.8, 4) is 6.07 Å². The van der Waals surface area contributed by atoms with E-state index in [9.17, 15) is 9.59 Å². The molecule has 0 aliphatic rings. The van der Waals surface area contributed by atoms with Gasteiger partial charge in [-0.05, 0) is 12.1 Å². The predicted molar refractivity (Wildman–Crippen MR) is 58.1 cm³/mol. The Morgan fingerprint density at radius 1 is 1.35 bits per heavy atom. The lowest BCUT2D eigenvalue weighted by Gasteiger charge is -2.12. The average molecular weight is 233 g/mol. The molecule has 0 saturated heterocycles. The summed E-state index contributed by atoms with van der Waals surface area (Å²) in [6.07, 6.45) is -1.41. The van der Waals surface area contributed by atoms with Gasteiger partial charge >= 0.3 is 11.9 Å². The van der Waals surface area contributed by atoms with Crippen LogP contribution in [-0.2, 0) is 9.53 Å². The Morgan fingerprint density at radius 3 is 2.53 bits per heavy atom. The zero-order valence-corrected chi connectivity index (χ0v) is 9.00. The molecule has 1 unspecified atom stereocenters. The van der Waals surface area contributed by atoms with E-state index in [0.717, 1.165) is 0 Å². The highest BCUT2D eigenvalue weighted by Crippen LogP contribution is 2.09. The van der Waals surface area contributed by atoms with E-state index in [-0.39, 0.29) is 12.8 Å². The first kappa shape index (κ1) is 12.7. The largest absolute Gasteiger partial charge is 0.481 e. The van der Waals surface area contributed by atoms with Crippen LogP contribution in [0.1, 0.15) is 23.2 Å². The monoisotopic (exact) mass is 233 g/mol. The zero-order chi connectivity index (χ0) is 12.7. The van der Waals surface area contributed by atoms with Crippen LogP contribution in [0.5, 0.6) is 0 Å². The summed E-state index contributed by atoms with van der Waals surface area (Å²) in [6.45, 7) is 0. The number of nitriles is 1. The quantitative estimate of drug-likeness (QED) is 0.780. The summed E-state index contributed by atoms with van der Waals surface area (Å²) >= 11 is 0. The van der Waals surface area contributed by atoms with Crippen LogP contribution >= 0.6 is 0 Å². The first-order chi connectivity index (χ1) is 8.13. The fourth-order valence-corrected chi connectivity index (χ4v) is 1.25. The molecule has 0 heterocycles. The van der Waals surface area contributed by atoms with Gasteiger partial charge in [-0.25, -0.2) is 4.79 Å². The highest BCUT2D eigenvalue weighted by molar-refractivity contribution is 5.89. The summed E-state index contributed by atoms with van der Waals surface area (Å²) < 4.78 is 4.95. The van der Waals surface area contributed by atoms with Crippen LogP contribution in [0.3, 0.4) is 0 Å². The van der Waals surface area contributed by atoms with Crippen molar-refractivity contribution in [3.05, 3.63) is 35.9 Å². The summed E-state index contributed by atoms with van der Waals surface area (Å²) in [7, 11) is 0. The lowest BCUT2D eigenvalue weighted by Crippen LogP contribution is -2.21. The van der Waals surface area contributed by atoms with Crippen molar-refractivity contribution >= 4 is 11.9 Å². The van der Waals surface area contributed by atoms with Crippen molar-refractivity contribution in [2.75, 3.05) is 0 Å². The van der Waals surface area contributed by atoms with Crippen molar-refractivity contribution in [1.29, 1.82) is 5.26 Å². The molecule has 1 aromatic rings. The number of carboxylic acid groups (broad SMARTS) is 1. The van der Waals surface area contributed by atoms with Crippen molar-refractivity contribution in [3.63, 3.8) is 0 Å². The van der Waals surface area contributed by atoms with Crippen LogP contribution < -0.4 is 0 Å². The first-order valence-corrected chi connectivity index (χ1v) is 4.98. The van der Waals surface area contributed by atoms with E-state index in [0.29, 0.717) is 5.56 Å². The fraction of sp³-hybridized carbons (Fsp3) is 0.250. The van der Waals surface area contributed by atoms with Gasteiger partial charge in [-0.2, -0.15) is 5.26 Å². The van der Waals surface area contributed by atoms with E-state index >= 15 is 0 Å². The van der Waals surface area contributed by atoms with Crippen LogP contribution in [0, 0.1) is 11.3 Å². The molecule has 0 amide bonds. The van der Waals surface area contributed by atoms with Gasteiger partial charge < -0.3 is 9.84 Å². The molecule has 1 N–H and O–H groups in total. The molecule has 17 heavy (non-hydrogen) atoms. The van der Waals surface area contributed by atoms with E-state index in [2.05, 4.69) is 0 Å². The maximum absolute atomic E-state index is 11.6. The van der Waals surface area contributed by atoms with E-state index < -0.39 is 18.0 Å². The Hall–Kier alpha value is -2.35. The molecule has 88 valence electrons. The number of hydrogen-bond acceptors (Lipinski definition) is 4. The topological polar surface area (TPSA) is 87.4 Å². The molecule has 0 aliphatic carbocycles. The Labute approximate surface area is 98.2 Å². The highest BCUT2D eigenvalue weighted by Gasteiger charge is 2.18. The second-order valence-corrected chi connectivity index (χ2v) is 3.35. The lowest BCUT2D eigenvalue weighted by atomic mass is 10.2. The van der Waals surface area contributed by atoms with Crippen molar-refractivity contribution in [2.24, 2.45) is 0 Å². The number of nitrogens with zero attached hydrogens (tertiary/aromatic N) is 1. The minimum atomic E-state index is -1.11. The molecule has 1 atom stereocenters. The molecular weight excluding hydrogens is 222 g/mol. The summed E-state index contributed by atoms with van der Waals surface area (Å²) in [5.74, 6) is -1.72. The molecule has 0 bridgehead atoms. The number of hydrogen-bond donors (Lipinski definition) is 1. The summed E-state index contributed by atoms with van der Waals surface area (Å²) in [6, 6.07) is 10.0. The van der Waals surface area contributed by atoms with E-state index in [4.69, 9.17) is 15.1 Å². The SMILES string of the molecule is N#CCC(CC(=O)O)OC(=O)c1ccccc1. The molecule has 1 aromatic carbocycles. The smallest absolute Gasteiger partial charge is 0.338 e. The minimum absolute atomic E-state index is 0.134. The molecule has 5 nitrogen and oxygen atoms in total. The summed E-state index contributed by atoms with van der Waals surface area (Å²) in [4.78, 5) is 22.1. The molecule has 0 aromatic heterocycles. The molecule has 0 aliphatic heterocycles. The molecule has 0 fully saturated rings. The standard InChI is InChI=1S/C12H11NO4/c13-7-6-10(8-11(14)15)17-12(16)9-4-2-1-3-5-9/h1-5,10H,6,8H2,(H,14,15). The van der Waals surface area contributed by atoms with Crippen molar-refractivity contribution < 1.29 is 19.4 Å². The number of esters is 1. The number of aliphatic carboxylic acids is 1. The third kappa shape index (κ3) is 4.34. The van der Waals surface area contributed by atoms with Crippen LogP contribution in [-0.4, -0.2) is 23.1 Å². The van der Waals surface area contributed by atoms with Crippen LogP contribution in [0.15, 0.2) is 30.3 Å². The normalized spacial score (nSPS) is 11.2. The number of carboxylic acids is 1. The Balaban J connectivity index is 2.65. The van der Waals surface area contributed by atoms with Gasteiger partial charge in [0.1, 0.15) is 6.10 Å². The first-order valence-electron chi connectivity index (χ1n) is 4.98. The molecular formula is C12H11NO4. The fourth-order valence-electron chi connectivity index (χ4n) is 1.25. The molecule has 5 heteroatoms. The molecule has 0 radical (unpaired) electrons. The van der Waals surface area contributed by atoms with Crippen LogP contribution in [0.2, 0.25) is 0 Å². The highest BCUT2D eigenvalue weighted by atomic mass is 16.5. The van der Waals surface area contributed by atoms with Gasteiger partial charge in [0.2, 0.25) is 0 Å². The lowest BCUT2D eigenvalue weighted by molar-refractivity contribution is -0.139. The maximum atomic E-state index is 11.6. The number of rotatable bonds is 5. The average Bonchev–Trinajstić information content (AvgIpc) is 2.29. The molecule has 1 rings (SSSR count). The third-order valence-corrected chi connectivity index (χ3v) is 2.00. The zero-order valence-electron chi connectivity index (χ0n) is 9.00. The Kier molecular flexibility index (Phi) is 4.70. The second-order valence-electron chi connectivity index (χ2n) is 3.35. The van der Waals surface area contributed by atoms with Gasteiger partial charge in [0, 0.05) is 0 Å². The Morgan fingerprint density at radius 2 is 2.00 bits per heavy atom. The minimum Gasteiger partial charge on any atom is -0.481 e. The number of carbonyl (C=O) groups excluding carboxylic acids is 1. The number of benzene rings is 1. The maximum Gasteiger partial charge on any atom is 0.338 e. The van der Waals surface area contributed by atoms with E-state index in [1.165, 1.54) is 0 Å². The van der Waals surface area contributed by atoms with Crippen molar-refractivity contribution in [2.45, 2.75) is 18.9 Å². The number of ether oxygens (including phenoxy) is 1. The van der Waals surface area contributed by atoms with Gasteiger partial charge in [-0.15, -0.1) is 0 Å². The predicted octanol–water partition coefficient (Wildman–Crippen LogP) is 1.60. The van der Waals surface area contributed by atoms with E-state index in [1.807, 2.05) is 0 Å². The van der Waals surface area contributed by atoms with Gasteiger partial charge in [0.25, 0.3) is 0 Å². The molecule has 0 spiro atoms. The number of carbonyl (C=O) groups is 2. The van der Waals surface area contributed by atoms with E-state index in [1.54, 1.807) is 36.4 Å². The summed E-state index contributed by atoms with van der Waals surface area (Å²) in [5, 5.41) is 17.1. The van der Waals surface area contributed by atoms with Gasteiger partial charge in [0.15, 0.2) is 0 Å². The summed E-state index contributed by atoms with van der Waals surface area (Å²) in [5.41, 5.74) is 0.334. The Bertz CT molecular complexity index is 436. The van der Waals surface area contributed by atoms with Gasteiger partial charge in [0.05, 0.1) is 24.5 Å². The second kappa shape index (κ2) is 6.28. The van der Waals surface area contributed by atoms with Gasteiger partial charge in [-0.3, -0.25) is 4.79 Å². The van der Waals surface area contributed by atoms with Crippen LogP contribution in [0.4, 0.5) is 0 Å². The molecule has 0 saturated carbocycles. The third-order valence-electron chi connectivity index (χ3n) is 2.00.